The van der Waals surface area contributed by atoms with Crippen LogP contribution in [0, 0.1) is 6.92 Å². The number of benzene rings is 1. The maximum Gasteiger partial charge on any atom is 0.255 e. The van der Waals surface area contributed by atoms with Crippen molar-refractivity contribution in [1.82, 2.24) is 4.90 Å². The Hall–Kier alpha value is -2.57. The van der Waals surface area contributed by atoms with Crippen molar-refractivity contribution in [3.63, 3.8) is 0 Å². The molecule has 0 aromatic heterocycles. The highest BCUT2D eigenvalue weighted by atomic mass is 16.2. The van der Waals surface area contributed by atoms with E-state index in [0.717, 1.165) is 4.90 Å². The summed E-state index contributed by atoms with van der Waals surface area (Å²) in [5.41, 5.74) is 17.2. The number of anilines is 1. The molecule has 0 heterocycles. The van der Waals surface area contributed by atoms with Gasteiger partial charge in [-0.15, -0.1) is 0 Å². The Morgan fingerprint density at radius 3 is 2.05 bits per heavy atom. The van der Waals surface area contributed by atoms with E-state index in [2.05, 4.69) is 0 Å². The van der Waals surface area contributed by atoms with Gasteiger partial charge in [-0.25, -0.2) is 0 Å². The van der Waals surface area contributed by atoms with Gasteiger partial charge in [0.1, 0.15) is 13.1 Å². The average molecular weight is 264 g/mol. The maximum atomic E-state index is 12.2. The highest BCUT2D eigenvalue weighted by molar-refractivity contribution is 5.99. The fraction of sp³-hybridized carbons (Fsp3) is 0.250. The topological polar surface area (TPSA) is 133 Å². The zero-order chi connectivity index (χ0) is 14.6. The summed E-state index contributed by atoms with van der Waals surface area (Å²) in [6, 6.07) is 4.72. The predicted molar refractivity (Wildman–Crippen MR) is 69.9 cm³/mol. The number of hydrogen-bond donors (Lipinski definition) is 3. The first kappa shape index (κ1) is 14.5. The number of primary amides is 2. The second-order valence-electron chi connectivity index (χ2n) is 4.17. The van der Waals surface area contributed by atoms with Crippen LogP contribution in [0.5, 0.6) is 0 Å². The van der Waals surface area contributed by atoms with Crippen molar-refractivity contribution in [3.8, 4) is 0 Å². The van der Waals surface area contributed by atoms with Crippen LogP contribution < -0.4 is 17.2 Å². The second-order valence-corrected chi connectivity index (χ2v) is 4.17. The number of carbonyl (C=O) groups excluding carboxylic acids is 3. The van der Waals surface area contributed by atoms with Gasteiger partial charge in [-0.05, 0) is 30.7 Å². The van der Waals surface area contributed by atoms with Gasteiger partial charge in [0, 0.05) is 11.3 Å². The minimum atomic E-state index is -0.720. The quantitative estimate of drug-likeness (QED) is 0.587. The standard InChI is InChI=1S/C12H16N4O3/c1-7-4-8(13)2-3-9(7)12(19)16(5-10(14)17)6-11(15)18/h2-4H,5-6,13H2,1H3,(H2,14,17)(H2,15,18). The van der Waals surface area contributed by atoms with Crippen LogP contribution in [-0.4, -0.2) is 35.7 Å². The normalized spacial score (nSPS) is 9.95. The van der Waals surface area contributed by atoms with Crippen LogP contribution in [0.3, 0.4) is 0 Å². The molecule has 19 heavy (non-hydrogen) atoms. The Morgan fingerprint density at radius 2 is 1.63 bits per heavy atom. The molecule has 0 radical (unpaired) electrons. The molecule has 6 N–H and O–H groups in total. The van der Waals surface area contributed by atoms with E-state index >= 15 is 0 Å². The molecule has 7 heteroatoms. The number of carbonyl (C=O) groups is 3. The molecule has 0 aliphatic rings. The summed E-state index contributed by atoms with van der Waals surface area (Å²) in [5.74, 6) is -1.93. The second kappa shape index (κ2) is 5.85. The van der Waals surface area contributed by atoms with Gasteiger partial charge in [-0.3, -0.25) is 14.4 Å². The number of nitrogens with two attached hydrogens (primary N) is 3. The molecule has 1 rings (SSSR count). The average Bonchev–Trinajstić information content (AvgIpc) is 2.26. The molecule has 0 fully saturated rings. The van der Waals surface area contributed by atoms with Crippen LogP contribution >= 0.6 is 0 Å². The van der Waals surface area contributed by atoms with Crippen molar-refractivity contribution in [2.24, 2.45) is 11.5 Å². The van der Waals surface area contributed by atoms with E-state index in [1.807, 2.05) is 0 Å². The van der Waals surface area contributed by atoms with E-state index in [1.54, 1.807) is 19.1 Å². The number of amides is 3. The van der Waals surface area contributed by atoms with Crippen LogP contribution in [-0.2, 0) is 9.59 Å². The summed E-state index contributed by atoms with van der Waals surface area (Å²) in [6.07, 6.45) is 0. The summed E-state index contributed by atoms with van der Waals surface area (Å²) < 4.78 is 0. The van der Waals surface area contributed by atoms with Crippen LogP contribution in [0.25, 0.3) is 0 Å². The van der Waals surface area contributed by atoms with Gasteiger partial charge >= 0.3 is 0 Å². The first-order valence-electron chi connectivity index (χ1n) is 5.53. The van der Waals surface area contributed by atoms with Gasteiger partial charge in [-0.1, -0.05) is 0 Å². The van der Waals surface area contributed by atoms with E-state index < -0.39 is 17.7 Å². The number of rotatable bonds is 5. The minimum Gasteiger partial charge on any atom is -0.399 e. The monoisotopic (exact) mass is 264 g/mol. The number of aryl methyl sites for hydroxylation is 1. The molecule has 0 saturated carbocycles. The largest absolute Gasteiger partial charge is 0.399 e. The summed E-state index contributed by atoms with van der Waals surface area (Å²) in [6.45, 7) is 0.966. The molecule has 0 aliphatic heterocycles. The Bertz CT molecular complexity index is 512. The molecular formula is C12H16N4O3. The first-order valence-corrected chi connectivity index (χ1v) is 5.53. The Labute approximate surface area is 110 Å². The van der Waals surface area contributed by atoms with Gasteiger partial charge in [0.2, 0.25) is 11.8 Å². The molecule has 102 valence electrons. The van der Waals surface area contributed by atoms with Crippen LogP contribution in [0.2, 0.25) is 0 Å². The Balaban J connectivity index is 3.04. The molecule has 0 unspecified atom stereocenters. The van der Waals surface area contributed by atoms with E-state index in [0.29, 0.717) is 16.8 Å². The minimum absolute atomic E-state index is 0.344. The molecule has 0 atom stereocenters. The zero-order valence-corrected chi connectivity index (χ0v) is 10.6. The molecule has 0 spiro atoms. The summed E-state index contributed by atoms with van der Waals surface area (Å²) >= 11 is 0. The molecule has 7 nitrogen and oxygen atoms in total. The van der Waals surface area contributed by atoms with Gasteiger partial charge in [0.15, 0.2) is 0 Å². The molecule has 3 amide bonds. The van der Waals surface area contributed by atoms with E-state index in [9.17, 15) is 14.4 Å². The third kappa shape index (κ3) is 3.98. The Kier molecular flexibility index (Phi) is 4.46. The molecule has 0 saturated heterocycles. The van der Waals surface area contributed by atoms with Gasteiger partial charge < -0.3 is 22.1 Å². The van der Waals surface area contributed by atoms with Crippen LogP contribution in [0.15, 0.2) is 18.2 Å². The molecule has 0 aliphatic carbocycles. The molecule has 1 aromatic carbocycles. The molecular weight excluding hydrogens is 248 g/mol. The Morgan fingerprint density at radius 1 is 1.11 bits per heavy atom. The fourth-order valence-corrected chi connectivity index (χ4v) is 1.67. The third-order valence-corrected chi connectivity index (χ3v) is 2.46. The maximum absolute atomic E-state index is 12.2. The van der Waals surface area contributed by atoms with E-state index in [1.165, 1.54) is 6.07 Å². The summed E-state index contributed by atoms with van der Waals surface area (Å²) in [7, 11) is 0. The van der Waals surface area contributed by atoms with Crippen molar-refractivity contribution in [2.45, 2.75) is 6.92 Å². The van der Waals surface area contributed by atoms with Gasteiger partial charge in [-0.2, -0.15) is 0 Å². The van der Waals surface area contributed by atoms with Crippen molar-refractivity contribution < 1.29 is 14.4 Å². The van der Waals surface area contributed by atoms with Gasteiger partial charge in [0.25, 0.3) is 5.91 Å². The lowest BCUT2D eigenvalue weighted by Crippen LogP contribution is -2.43. The fourth-order valence-electron chi connectivity index (χ4n) is 1.67. The number of nitrogens with zero attached hydrogens (tertiary/aromatic N) is 1. The predicted octanol–water partition coefficient (Wildman–Crippen LogP) is -1.01. The SMILES string of the molecule is Cc1cc(N)ccc1C(=O)N(CC(N)=O)CC(N)=O. The summed E-state index contributed by atoms with van der Waals surface area (Å²) in [5, 5.41) is 0. The lowest BCUT2D eigenvalue weighted by atomic mass is 10.1. The van der Waals surface area contributed by atoms with Crippen molar-refractivity contribution in [3.05, 3.63) is 29.3 Å². The first-order chi connectivity index (χ1) is 8.81. The van der Waals surface area contributed by atoms with Crippen LogP contribution in [0.4, 0.5) is 5.69 Å². The summed E-state index contributed by atoms with van der Waals surface area (Å²) in [4.78, 5) is 35.1. The smallest absolute Gasteiger partial charge is 0.255 e. The third-order valence-electron chi connectivity index (χ3n) is 2.46. The van der Waals surface area contributed by atoms with Crippen molar-refractivity contribution >= 4 is 23.4 Å². The van der Waals surface area contributed by atoms with Crippen molar-refractivity contribution in [1.29, 1.82) is 0 Å². The van der Waals surface area contributed by atoms with E-state index in [-0.39, 0.29) is 13.1 Å². The lowest BCUT2D eigenvalue weighted by Gasteiger charge is -2.20. The number of hydrogen-bond acceptors (Lipinski definition) is 4. The van der Waals surface area contributed by atoms with Crippen molar-refractivity contribution in [2.75, 3.05) is 18.8 Å². The number of nitrogen functional groups attached to an aromatic ring is 1. The van der Waals surface area contributed by atoms with Gasteiger partial charge in [0.05, 0.1) is 0 Å². The van der Waals surface area contributed by atoms with E-state index in [4.69, 9.17) is 17.2 Å². The van der Waals surface area contributed by atoms with Crippen LogP contribution in [0.1, 0.15) is 15.9 Å². The molecule has 0 bridgehead atoms. The highest BCUT2D eigenvalue weighted by Crippen LogP contribution is 2.14. The highest BCUT2D eigenvalue weighted by Gasteiger charge is 2.20. The molecule has 1 aromatic rings. The lowest BCUT2D eigenvalue weighted by molar-refractivity contribution is -0.121. The zero-order valence-electron chi connectivity index (χ0n) is 10.6.